The summed E-state index contributed by atoms with van der Waals surface area (Å²) in [6.07, 6.45) is 2.23. The molecule has 0 bridgehead atoms. The molecule has 2 rings (SSSR count). The molecule has 0 heterocycles. The normalized spacial score (nSPS) is 18.6. The molecule has 1 aliphatic carbocycles. The Balaban J connectivity index is 1.55. The van der Waals surface area contributed by atoms with Crippen molar-refractivity contribution in [3.63, 3.8) is 0 Å². The van der Waals surface area contributed by atoms with Crippen LogP contribution in [-0.2, 0) is 11.3 Å². The summed E-state index contributed by atoms with van der Waals surface area (Å²) in [6.45, 7) is 1.70. The molecule has 0 aromatic heterocycles. The van der Waals surface area contributed by atoms with Gasteiger partial charge in [0.1, 0.15) is 0 Å². The molecule has 1 unspecified atom stereocenters. The van der Waals surface area contributed by atoms with Crippen LogP contribution in [-0.4, -0.2) is 41.6 Å². The Morgan fingerprint density at radius 2 is 2.00 bits per heavy atom. The molecule has 0 aliphatic heterocycles. The van der Waals surface area contributed by atoms with Gasteiger partial charge in [0.25, 0.3) is 0 Å². The van der Waals surface area contributed by atoms with Gasteiger partial charge in [0.15, 0.2) is 0 Å². The maximum absolute atomic E-state index is 9.88. The predicted octanol–water partition coefficient (Wildman–Crippen LogP) is 1.72. The van der Waals surface area contributed by atoms with Crippen LogP contribution in [0.4, 0.5) is 0 Å². The van der Waals surface area contributed by atoms with E-state index >= 15 is 0 Å². The van der Waals surface area contributed by atoms with Gasteiger partial charge in [-0.3, -0.25) is 0 Å². The fourth-order valence-electron chi connectivity index (χ4n) is 2.19. The van der Waals surface area contributed by atoms with E-state index < -0.39 is 11.7 Å². The Labute approximate surface area is 124 Å². The number of hydrogen-bond acceptors (Lipinski definition) is 4. The van der Waals surface area contributed by atoms with Gasteiger partial charge in [-0.15, -0.1) is 0 Å². The van der Waals surface area contributed by atoms with Crippen LogP contribution in [0.15, 0.2) is 24.3 Å². The minimum Gasteiger partial charge on any atom is -0.389 e. The lowest BCUT2D eigenvalue weighted by atomic mass is 9.80. The molecule has 1 aliphatic rings. The number of aliphatic hydroxyl groups is 2. The molecular formula is C15H22ClNO3. The van der Waals surface area contributed by atoms with Gasteiger partial charge in [0, 0.05) is 18.1 Å². The van der Waals surface area contributed by atoms with E-state index in [4.69, 9.17) is 16.3 Å². The molecule has 1 fully saturated rings. The summed E-state index contributed by atoms with van der Waals surface area (Å²) in [5.41, 5.74) is 0.475. The van der Waals surface area contributed by atoms with Crippen LogP contribution >= 0.6 is 11.6 Å². The molecule has 1 aromatic carbocycles. The Morgan fingerprint density at radius 1 is 1.30 bits per heavy atom. The summed E-state index contributed by atoms with van der Waals surface area (Å²) in [4.78, 5) is 0. The monoisotopic (exact) mass is 299 g/mol. The molecular weight excluding hydrogens is 278 g/mol. The van der Waals surface area contributed by atoms with Gasteiger partial charge in [0.2, 0.25) is 0 Å². The first-order valence-corrected chi connectivity index (χ1v) is 7.39. The van der Waals surface area contributed by atoms with Crippen LogP contribution in [0.2, 0.25) is 5.02 Å². The average Bonchev–Trinajstić information content (AvgIpc) is 2.39. The van der Waals surface area contributed by atoms with Crippen molar-refractivity contribution >= 4 is 11.6 Å². The van der Waals surface area contributed by atoms with Gasteiger partial charge in [-0.05, 0) is 37.0 Å². The van der Waals surface area contributed by atoms with Crippen LogP contribution in [0, 0.1) is 0 Å². The highest BCUT2D eigenvalue weighted by Crippen LogP contribution is 2.30. The first kappa shape index (κ1) is 15.7. The molecule has 4 nitrogen and oxygen atoms in total. The lowest BCUT2D eigenvalue weighted by Crippen LogP contribution is -2.48. The van der Waals surface area contributed by atoms with Crippen molar-refractivity contribution in [1.82, 2.24) is 5.32 Å². The zero-order valence-electron chi connectivity index (χ0n) is 11.5. The third-order valence-electron chi connectivity index (χ3n) is 3.61. The number of ether oxygens (including phenoxy) is 1. The smallest absolute Gasteiger partial charge is 0.0897 e. The van der Waals surface area contributed by atoms with Crippen molar-refractivity contribution in [3.05, 3.63) is 34.9 Å². The fourth-order valence-corrected chi connectivity index (χ4v) is 2.31. The highest BCUT2D eigenvalue weighted by Gasteiger charge is 2.33. The van der Waals surface area contributed by atoms with E-state index in [1.807, 2.05) is 24.3 Å². The van der Waals surface area contributed by atoms with E-state index in [2.05, 4.69) is 5.32 Å². The number of hydrogen-bond donors (Lipinski definition) is 3. The van der Waals surface area contributed by atoms with Gasteiger partial charge < -0.3 is 20.3 Å². The van der Waals surface area contributed by atoms with Crippen LogP contribution < -0.4 is 5.32 Å². The van der Waals surface area contributed by atoms with E-state index in [9.17, 15) is 10.2 Å². The standard InChI is InChI=1S/C15H22ClNO3/c16-13-4-2-12(3-5-13)9-20-10-14(18)8-17-11-15(19)6-1-7-15/h2-5,14,17-19H,1,6-11H2. The minimum atomic E-state index is -0.564. The van der Waals surface area contributed by atoms with Crippen molar-refractivity contribution < 1.29 is 14.9 Å². The summed E-state index contributed by atoms with van der Waals surface area (Å²) in [6, 6.07) is 7.44. The first-order valence-electron chi connectivity index (χ1n) is 7.01. The Kier molecular flexibility index (Phi) is 5.81. The topological polar surface area (TPSA) is 61.7 Å². The lowest BCUT2D eigenvalue weighted by molar-refractivity contribution is -0.0352. The third-order valence-corrected chi connectivity index (χ3v) is 3.86. The molecule has 3 N–H and O–H groups in total. The average molecular weight is 300 g/mol. The Morgan fingerprint density at radius 3 is 2.60 bits per heavy atom. The predicted molar refractivity (Wildman–Crippen MR) is 78.8 cm³/mol. The second-order valence-electron chi connectivity index (χ2n) is 5.50. The first-order chi connectivity index (χ1) is 9.57. The zero-order chi connectivity index (χ0) is 14.4. The summed E-state index contributed by atoms with van der Waals surface area (Å²) in [7, 11) is 0. The quantitative estimate of drug-likeness (QED) is 0.684. The van der Waals surface area contributed by atoms with Crippen molar-refractivity contribution in [2.24, 2.45) is 0 Å². The Bertz CT molecular complexity index is 406. The SMILES string of the molecule is OC(CNCC1(O)CCC1)COCc1ccc(Cl)cc1. The number of benzene rings is 1. The van der Waals surface area contributed by atoms with E-state index in [0.717, 1.165) is 24.8 Å². The van der Waals surface area contributed by atoms with Crippen LogP contribution in [0.3, 0.4) is 0 Å². The molecule has 1 saturated carbocycles. The fraction of sp³-hybridized carbons (Fsp3) is 0.600. The summed E-state index contributed by atoms with van der Waals surface area (Å²) in [5, 5.41) is 23.4. The lowest BCUT2D eigenvalue weighted by Gasteiger charge is -2.36. The molecule has 5 heteroatoms. The summed E-state index contributed by atoms with van der Waals surface area (Å²) in [5.74, 6) is 0. The van der Waals surface area contributed by atoms with Crippen molar-refractivity contribution in [3.8, 4) is 0 Å². The van der Waals surface area contributed by atoms with Crippen molar-refractivity contribution in [2.45, 2.75) is 37.6 Å². The largest absolute Gasteiger partial charge is 0.389 e. The van der Waals surface area contributed by atoms with Gasteiger partial charge in [0.05, 0.1) is 24.9 Å². The molecule has 20 heavy (non-hydrogen) atoms. The minimum absolute atomic E-state index is 0.272. The third kappa shape index (κ3) is 5.04. The molecule has 1 atom stereocenters. The van der Waals surface area contributed by atoms with Crippen LogP contribution in [0.25, 0.3) is 0 Å². The second kappa shape index (κ2) is 7.38. The number of rotatable bonds is 8. The van der Waals surface area contributed by atoms with E-state index in [0.29, 0.717) is 24.7 Å². The highest BCUT2D eigenvalue weighted by molar-refractivity contribution is 6.30. The van der Waals surface area contributed by atoms with Gasteiger partial charge in [-0.25, -0.2) is 0 Å². The van der Waals surface area contributed by atoms with Gasteiger partial charge >= 0.3 is 0 Å². The maximum atomic E-state index is 9.88. The van der Waals surface area contributed by atoms with E-state index in [1.165, 1.54) is 0 Å². The van der Waals surface area contributed by atoms with E-state index in [1.54, 1.807) is 0 Å². The number of halogens is 1. The van der Waals surface area contributed by atoms with Crippen molar-refractivity contribution in [2.75, 3.05) is 19.7 Å². The summed E-state index contributed by atoms with van der Waals surface area (Å²) < 4.78 is 5.45. The van der Waals surface area contributed by atoms with Crippen molar-refractivity contribution in [1.29, 1.82) is 0 Å². The van der Waals surface area contributed by atoms with Crippen LogP contribution in [0.1, 0.15) is 24.8 Å². The summed E-state index contributed by atoms with van der Waals surface area (Å²) >= 11 is 5.80. The molecule has 0 radical (unpaired) electrons. The Hall–Kier alpha value is -0.650. The molecule has 0 amide bonds. The molecule has 0 spiro atoms. The van der Waals surface area contributed by atoms with Crippen LogP contribution in [0.5, 0.6) is 0 Å². The van der Waals surface area contributed by atoms with Gasteiger partial charge in [-0.1, -0.05) is 23.7 Å². The zero-order valence-corrected chi connectivity index (χ0v) is 12.3. The van der Waals surface area contributed by atoms with E-state index in [-0.39, 0.29) is 6.61 Å². The second-order valence-corrected chi connectivity index (χ2v) is 5.94. The molecule has 1 aromatic rings. The molecule has 112 valence electrons. The van der Waals surface area contributed by atoms with Gasteiger partial charge in [-0.2, -0.15) is 0 Å². The highest BCUT2D eigenvalue weighted by atomic mass is 35.5. The molecule has 0 saturated heterocycles. The maximum Gasteiger partial charge on any atom is 0.0897 e. The number of aliphatic hydroxyl groups excluding tert-OH is 1. The number of nitrogens with one attached hydrogen (secondary N) is 1.